The second-order valence-electron chi connectivity index (χ2n) is 9.64. The van der Waals surface area contributed by atoms with Gasteiger partial charge in [0.15, 0.2) is 12.1 Å². The highest BCUT2D eigenvalue weighted by atomic mass is 16.7. The molecule has 2 fully saturated rings. The van der Waals surface area contributed by atoms with Crippen molar-refractivity contribution in [2.45, 2.75) is 68.1 Å². The topological polar surface area (TPSA) is 236 Å². The number of phenols is 3. The highest BCUT2D eigenvalue weighted by molar-refractivity contribution is 6.01. The van der Waals surface area contributed by atoms with E-state index in [2.05, 4.69) is 0 Å². The summed E-state index contributed by atoms with van der Waals surface area (Å²) in [4.78, 5) is 13.0. The number of rotatable bonds is 9. The van der Waals surface area contributed by atoms with Crippen molar-refractivity contribution < 1.29 is 69.7 Å². The van der Waals surface area contributed by atoms with E-state index in [0.717, 1.165) is 17.7 Å². The van der Waals surface area contributed by atoms with Crippen LogP contribution in [0.5, 0.6) is 23.0 Å². The highest BCUT2D eigenvalue weighted by Crippen LogP contribution is 2.36. The molecule has 0 spiro atoms. The summed E-state index contributed by atoms with van der Waals surface area (Å²) in [6.07, 6.45) is -14.2. The van der Waals surface area contributed by atoms with Crippen molar-refractivity contribution in [3.8, 4) is 23.0 Å². The number of aromatic hydroxyl groups is 3. The number of hydrogen-bond acceptors (Lipinski definition) is 14. The first-order valence-corrected chi connectivity index (χ1v) is 12.5. The quantitative estimate of drug-likeness (QED) is 0.153. The Morgan fingerprint density at radius 1 is 0.825 bits per heavy atom. The van der Waals surface area contributed by atoms with E-state index >= 15 is 0 Å². The first-order chi connectivity index (χ1) is 19.0. The van der Waals surface area contributed by atoms with Crippen LogP contribution in [0.3, 0.4) is 0 Å². The largest absolute Gasteiger partial charge is 0.508 e. The molecule has 9 N–H and O–H groups in total. The van der Waals surface area contributed by atoms with Gasteiger partial charge in [-0.1, -0.05) is 12.1 Å². The van der Waals surface area contributed by atoms with Crippen molar-refractivity contribution in [3.63, 3.8) is 0 Å². The molecule has 9 atom stereocenters. The number of aliphatic hydroxyl groups is 6. The van der Waals surface area contributed by atoms with Gasteiger partial charge in [-0.15, -0.1) is 0 Å². The second kappa shape index (κ2) is 12.6. The standard InChI is InChI=1S/C26H32O14/c27-12-4-1-11(2-5-12)3-6-14(29)19-15(30)7-13(28)8-17(19)39-26-24(36)22(34)21(33)18(40-26)10-38-25-23(35)20(32)16(31)9-37-25/h1-2,4-5,7-8,16,18,20-28,30-36H,3,6,9-10H2. The van der Waals surface area contributed by atoms with Crippen LogP contribution in [-0.2, 0) is 20.6 Å². The van der Waals surface area contributed by atoms with E-state index < -0.39 is 79.2 Å². The third-order valence-corrected chi connectivity index (χ3v) is 6.71. The van der Waals surface area contributed by atoms with Gasteiger partial charge in [-0.25, -0.2) is 0 Å². The third kappa shape index (κ3) is 6.63. The third-order valence-electron chi connectivity index (χ3n) is 6.71. The Morgan fingerprint density at radius 3 is 2.20 bits per heavy atom. The van der Waals surface area contributed by atoms with Crippen LogP contribution in [0.1, 0.15) is 22.3 Å². The average molecular weight is 569 g/mol. The molecule has 0 aliphatic carbocycles. The van der Waals surface area contributed by atoms with Crippen molar-refractivity contribution in [1.82, 2.24) is 0 Å². The van der Waals surface area contributed by atoms with Gasteiger partial charge in [-0.05, 0) is 24.1 Å². The Balaban J connectivity index is 1.47. The lowest BCUT2D eigenvalue weighted by Gasteiger charge is -2.41. The van der Waals surface area contributed by atoms with Crippen molar-refractivity contribution >= 4 is 5.78 Å². The smallest absolute Gasteiger partial charge is 0.229 e. The van der Waals surface area contributed by atoms with Gasteiger partial charge in [-0.2, -0.15) is 0 Å². The molecule has 0 bridgehead atoms. The summed E-state index contributed by atoms with van der Waals surface area (Å²) < 4.78 is 21.7. The summed E-state index contributed by atoms with van der Waals surface area (Å²) in [7, 11) is 0. The minimum atomic E-state index is -1.84. The summed E-state index contributed by atoms with van der Waals surface area (Å²) in [5.74, 6) is -1.99. The fourth-order valence-electron chi connectivity index (χ4n) is 4.40. The minimum Gasteiger partial charge on any atom is -0.508 e. The Kier molecular flexibility index (Phi) is 9.45. The lowest BCUT2D eigenvalue weighted by molar-refractivity contribution is -0.307. The maximum absolute atomic E-state index is 13.0. The van der Waals surface area contributed by atoms with Crippen LogP contribution in [0.15, 0.2) is 36.4 Å². The van der Waals surface area contributed by atoms with Gasteiger partial charge in [0.2, 0.25) is 6.29 Å². The molecule has 0 saturated carbocycles. The highest BCUT2D eigenvalue weighted by Gasteiger charge is 2.46. The average Bonchev–Trinajstić information content (AvgIpc) is 2.91. The van der Waals surface area contributed by atoms with E-state index in [1.54, 1.807) is 12.1 Å². The van der Waals surface area contributed by atoms with Gasteiger partial charge in [0.25, 0.3) is 0 Å². The van der Waals surface area contributed by atoms with Crippen LogP contribution in [-0.4, -0.2) is 120 Å². The molecule has 2 aliphatic heterocycles. The molecule has 40 heavy (non-hydrogen) atoms. The number of phenolic OH excluding ortho intramolecular Hbond substituents is 3. The normalized spacial score (nSPS) is 32.5. The number of benzene rings is 2. The van der Waals surface area contributed by atoms with Crippen LogP contribution < -0.4 is 4.74 Å². The molecule has 14 heteroatoms. The zero-order chi connectivity index (χ0) is 29.1. The van der Waals surface area contributed by atoms with E-state index in [1.807, 2.05) is 0 Å². The molecular weight excluding hydrogens is 536 g/mol. The van der Waals surface area contributed by atoms with Gasteiger partial charge in [0, 0.05) is 18.6 Å². The molecule has 0 radical (unpaired) electrons. The van der Waals surface area contributed by atoms with E-state index in [4.69, 9.17) is 18.9 Å². The van der Waals surface area contributed by atoms with Crippen LogP contribution in [0.4, 0.5) is 0 Å². The van der Waals surface area contributed by atoms with Gasteiger partial charge in [0.1, 0.15) is 71.3 Å². The van der Waals surface area contributed by atoms with Crippen molar-refractivity contribution in [2.24, 2.45) is 0 Å². The van der Waals surface area contributed by atoms with Gasteiger partial charge in [-0.3, -0.25) is 4.79 Å². The number of ether oxygens (including phenoxy) is 4. The molecule has 2 aromatic carbocycles. The van der Waals surface area contributed by atoms with Crippen molar-refractivity contribution in [3.05, 3.63) is 47.5 Å². The molecule has 220 valence electrons. The Morgan fingerprint density at radius 2 is 1.50 bits per heavy atom. The van der Waals surface area contributed by atoms with Gasteiger partial charge in [0.05, 0.1) is 13.2 Å². The predicted molar refractivity (Wildman–Crippen MR) is 132 cm³/mol. The van der Waals surface area contributed by atoms with Gasteiger partial charge < -0.3 is 64.9 Å². The molecule has 2 heterocycles. The monoisotopic (exact) mass is 568 g/mol. The van der Waals surface area contributed by atoms with Crippen LogP contribution in [0.2, 0.25) is 0 Å². The predicted octanol–water partition coefficient (Wildman–Crippen LogP) is -1.74. The molecule has 2 saturated heterocycles. The molecule has 2 aliphatic rings. The number of ketones is 1. The van der Waals surface area contributed by atoms with Crippen molar-refractivity contribution in [1.29, 1.82) is 0 Å². The molecule has 9 unspecified atom stereocenters. The molecule has 0 amide bonds. The van der Waals surface area contributed by atoms with Crippen LogP contribution >= 0.6 is 0 Å². The number of carbonyl (C=O) groups is 1. The fourth-order valence-corrected chi connectivity index (χ4v) is 4.40. The maximum atomic E-state index is 13.0. The number of aliphatic hydroxyl groups excluding tert-OH is 6. The van der Waals surface area contributed by atoms with E-state index in [0.29, 0.717) is 0 Å². The lowest BCUT2D eigenvalue weighted by atomic mass is 9.98. The maximum Gasteiger partial charge on any atom is 0.229 e. The SMILES string of the molecule is O=C(CCc1ccc(O)cc1)c1c(O)cc(O)cc1OC1OC(COC2OCC(O)C(O)C2O)C(O)C(O)C1O. The lowest BCUT2D eigenvalue weighted by Crippen LogP contribution is -2.61. The summed E-state index contributed by atoms with van der Waals surface area (Å²) >= 11 is 0. The molecular formula is C26H32O14. The molecule has 2 aromatic rings. The zero-order valence-corrected chi connectivity index (χ0v) is 21.1. The molecule has 14 nitrogen and oxygen atoms in total. The minimum absolute atomic E-state index is 0.0582. The van der Waals surface area contributed by atoms with E-state index in [-0.39, 0.29) is 36.5 Å². The Labute approximate surface area is 227 Å². The summed E-state index contributed by atoms with van der Waals surface area (Å²) in [5.41, 5.74) is 0.402. The second-order valence-corrected chi connectivity index (χ2v) is 9.64. The van der Waals surface area contributed by atoms with Crippen LogP contribution in [0.25, 0.3) is 0 Å². The van der Waals surface area contributed by atoms with E-state index in [9.17, 15) is 50.8 Å². The summed E-state index contributed by atoms with van der Waals surface area (Å²) in [6.45, 7) is -0.867. The van der Waals surface area contributed by atoms with E-state index in [1.165, 1.54) is 12.1 Å². The Hall–Kier alpha value is -3.05. The molecule has 4 rings (SSSR count). The van der Waals surface area contributed by atoms with Crippen molar-refractivity contribution in [2.75, 3.05) is 13.2 Å². The Bertz CT molecular complexity index is 1160. The van der Waals surface area contributed by atoms with Gasteiger partial charge >= 0.3 is 0 Å². The summed E-state index contributed by atoms with van der Waals surface area (Å²) in [5, 5.41) is 90.6. The summed E-state index contributed by atoms with van der Waals surface area (Å²) in [6, 6.07) is 8.09. The zero-order valence-electron chi connectivity index (χ0n) is 21.1. The molecule has 0 aromatic heterocycles. The van der Waals surface area contributed by atoms with Crippen LogP contribution in [0, 0.1) is 0 Å². The fraction of sp³-hybridized carbons (Fsp3) is 0.500. The number of aryl methyl sites for hydroxylation is 1. The first-order valence-electron chi connectivity index (χ1n) is 12.5. The number of carbonyl (C=O) groups excluding carboxylic acids is 1. The first kappa shape index (κ1) is 29.9. The number of Topliss-reactive ketones (excluding diaryl/α,β-unsaturated/α-hetero) is 1. The number of hydrogen-bond donors (Lipinski definition) is 9.